The minimum absolute atomic E-state index is 0.0382. The molecule has 2 aliphatic rings. The van der Waals surface area contributed by atoms with Gasteiger partial charge in [0.2, 0.25) is 5.91 Å². The van der Waals surface area contributed by atoms with E-state index in [-0.39, 0.29) is 24.2 Å². The summed E-state index contributed by atoms with van der Waals surface area (Å²) in [7, 11) is 3.60. The van der Waals surface area contributed by atoms with Crippen LogP contribution in [-0.2, 0) is 21.3 Å². The Morgan fingerprint density at radius 3 is 3.09 bits per heavy atom. The van der Waals surface area contributed by atoms with Crippen molar-refractivity contribution in [3.8, 4) is 0 Å². The van der Waals surface area contributed by atoms with Crippen molar-refractivity contribution in [3.63, 3.8) is 0 Å². The molecule has 6 heteroatoms. The zero-order valence-electron chi connectivity index (χ0n) is 13.1. The quantitative estimate of drug-likeness (QED) is 0.788. The largest absolute Gasteiger partial charge is 0.381 e. The number of carbonyl (C=O) groups excluding carboxylic acids is 1. The van der Waals surface area contributed by atoms with Crippen LogP contribution in [0, 0.1) is 0 Å². The third-order valence-corrected chi connectivity index (χ3v) is 4.64. The smallest absolute Gasteiger partial charge is 0.247 e. The van der Waals surface area contributed by atoms with Gasteiger partial charge >= 0.3 is 0 Å². The first kappa shape index (κ1) is 15.2. The molecular formula is C16H23N3O3. The molecule has 2 heterocycles. The van der Waals surface area contributed by atoms with Gasteiger partial charge in [-0.25, -0.2) is 0 Å². The SMILES string of the molecule is COC1CCC2OCCN(C(=O)/C=C/c3ccnn3C)C2C1. The lowest BCUT2D eigenvalue weighted by Gasteiger charge is -2.45. The van der Waals surface area contributed by atoms with E-state index in [2.05, 4.69) is 5.10 Å². The van der Waals surface area contributed by atoms with E-state index in [1.807, 2.05) is 24.1 Å². The molecule has 2 fully saturated rings. The van der Waals surface area contributed by atoms with Crippen molar-refractivity contribution in [3.05, 3.63) is 24.0 Å². The highest BCUT2D eigenvalue weighted by atomic mass is 16.5. The number of morpholine rings is 1. The molecule has 1 aromatic heterocycles. The summed E-state index contributed by atoms with van der Waals surface area (Å²) in [4.78, 5) is 14.5. The number of amides is 1. The van der Waals surface area contributed by atoms with Gasteiger partial charge in [0.1, 0.15) is 0 Å². The lowest BCUT2D eigenvalue weighted by Crippen LogP contribution is -2.56. The maximum absolute atomic E-state index is 12.6. The van der Waals surface area contributed by atoms with Crippen molar-refractivity contribution in [2.24, 2.45) is 7.05 Å². The predicted octanol–water partition coefficient (Wildman–Crippen LogP) is 1.23. The van der Waals surface area contributed by atoms with Crippen LogP contribution >= 0.6 is 0 Å². The molecule has 0 radical (unpaired) electrons. The van der Waals surface area contributed by atoms with Crippen LogP contribution in [0.2, 0.25) is 0 Å². The van der Waals surface area contributed by atoms with Crippen molar-refractivity contribution in [1.82, 2.24) is 14.7 Å². The van der Waals surface area contributed by atoms with Crippen molar-refractivity contribution in [1.29, 1.82) is 0 Å². The number of rotatable bonds is 3. The molecule has 0 bridgehead atoms. The molecule has 1 amide bonds. The first-order chi connectivity index (χ1) is 10.7. The molecule has 1 aliphatic carbocycles. The van der Waals surface area contributed by atoms with E-state index in [4.69, 9.17) is 9.47 Å². The normalized spacial score (nSPS) is 28.8. The monoisotopic (exact) mass is 305 g/mol. The van der Waals surface area contributed by atoms with Gasteiger partial charge in [0.25, 0.3) is 0 Å². The number of fused-ring (bicyclic) bond motifs is 1. The van der Waals surface area contributed by atoms with Gasteiger partial charge in [-0.15, -0.1) is 0 Å². The Morgan fingerprint density at radius 2 is 2.36 bits per heavy atom. The van der Waals surface area contributed by atoms with E-state index in [0.29, 0.717) is 13.2 Å². The standard InChI is InChI=1S/C16H23N3O3/c1-18-12(7-8-17-18)3-6-16(20)19-9-10-22-15-5-4-13(21-2)11-14(15)19/h3,6-8,13-15H,4-5,9-11H2,1-2H3/b6-3+. The van der Waals surface area contributed by atoms with E-state index in [1.54, 1.807) is 24.1 Å². The highest BCUT2D eigenvalue weighted by molar-refractivity contribution is 5.91. The Morgan fingerprint density at radius 1 is 1.50 bits per heavy atom. The summed E-state index contributed by atoms with van der Waals surface area (Å²) in [6, 6.07) is 2.00. The lowest BCUT2D eigenvalue weighted by molar-refractivity contribution is -0.149. The molecule has 3 atom stereocenters. The molecule has 3 unspecified atom stereocenters. The van der Waals surface area contributed by atoms with Gasteiger partial charge < -0.3 is 14.4 Å². The first-order valence-electron chi connectivity index (χ1n) is 7.80. The maximum atomic E-state index is 12.6. The van der Waals surface area contributed by atoms with Gasteiger partial charge in [-0.3, -0.25) is 9.48 Å². The number of methoxy groups -OCH3 is 1. The van der Waals surface area contributed by atoms with E-state index >= 15 is 0 Å². The van der Waals surface area contributed by atoms with Crippen molar-refractivity contribution >= 4 is 12.0 Å². The lowest BCUT2D eigenvalue weighted by atomic mass is 9.88. The summed E-state index contributed by atoms with van der Waals surface area (Å²) in [5.41, 5.74) is 0.913. The van der Waals surface area contributed by atoms with Gasteiger partial charge in [0, 0.05) is 33.0 Å². The number of carbonyl (C=O) groups is 1. The average molecular weight is 305 g/mol. The molecule has 0 spiro atoms. The van der Waals surface area contributed by atoms with E-state index < -0.39 is 0 Å². The predicted molar refractivity (Wildman–Crippen MR) is 82.1 cm³/mol. The summed E-state index contributed by atoms with van der Waals surface area (Å²) in [5.74, 6) is 0.0382. The van der Waals surface area contributed by atoms with Gasteiger partial charge in [-0.2, -0.15) is 5.10 Å². The minimum Gasteiger partial charge on any atom is -0.381 e. The van der Waals surface area contributed by atoms with Crippen LogP contribution in [-0.4, -0.2) is 59.1 Å². The molecule has 1 aromatic rings. The van der Waals surface area contributed by atoms with Crippen molar-refractivity contribution in [2.45, 2.75) is 37.5 Å². The Bertz CT molecular complexity index is 555. The molecule has 1 aliphatic heterocycles. The van der Waals surface area contributed by atoms with Gasteiger partial charge in [0.05, 0.1) is 30.6 Å². The highest BCUT2D eigenvalue weighted by Gasteiger charge is 2.39. The minimum atomic E-state index is 0.0382. The van der Waals surface area contributed by atoms with Crippen LogP contribution < -0.4 is 0 Å². The molecular weight excluding hydrogens is 282 g/mol. The Balaban J connectivity index is 1.70. The zero-order chi connectivity index (χ0) is 15.5. The molecule has 1 saturated heterocycles. The van der Waals surface area contributed by atoms with Crippen LogP contribution in [0.4, 0.5) is 0 Å². The van der Waals surface area contributed by atoms with Crippen molar-refractivity contribution in [2.75, 3.05) is 20.3 Å². The topological polar surface area (TPSA) is 56.6 Å². The Kier molecular flexibility index (Phi) is 4.59. The van der Waals surface area contributed by atoms with Gasteiger partial charge in [0.15, 0.2) is 0 Å². The van der Waals surface area contributed by atoms with Gasteiger partial charge in [-0.05, 0) is 31.4 Å². The second-order valence-electron chi connectivity index (χ2n) is 5.89. The summed E-state index contributed by atoms with van der Waals surface area (Å²) in [6.07, 6.45) is 8.36. The maximum Gasteiger partial charge on any atom is 0.247 e. The average Bonchev–Trinajstić information content (AvgIpc) is 2.96. The number of nitrogens with zero attached hydrogens (tertiary/aromatic N) is 3. The van der Waals surface area contributed by atoms with Crippen LogP contribution in [0.15, 0.2) is 18.3 Å². The highest BCUT2D eigenvalue weighted by Crippen LogP contribution is 2.30. The second kappa shape index (κ2) is 6.62. The van der Waals surface area contributed by atoms with Crippen LogP contribution in [0.5, 0.6) is 0 Å². The number of aromatic nitrogens is 2. The van der Waals surface area contributed by atoms with Gasteiger partial charge in [-0.1, -0.05) is 0 Å². The number of hydrogen-bond donors (Lipinski definition) is 0. The molecule has 6 nitrogen and oxygen atoms in total. The Labute approximate surface area is 130 Å². The Hall–Kier alpha value is -1.66. The molecule has 120 valence electrons. The van der Waals surface area contributed by atoms with E-state index in [9.17, 15) is 4.79 Å². The van der Waals surface area contributed by atoms with Crippen molar-refractivity contribution < 1.29 is 14.3 Å². The fourth-order valence-corrected chi connectivity index (χ4v) is 3.36. The fourth-order valence-electron chi connectivity index (χ4n) is 3.36. The number of aryl methyl sites for hydroxylation is 1. The zero-order valence-corrected chi connectivity index (χ0v) is 13.1. The summed E-state index contributed by atoms with van der Waals surface area (Å²) >= 11 is 0. The van der Waals surface area contributed by atoms with Crippen LogP contribution in [0.1, 0.15) is 25.0 Å². The van der Waals surface area contributed by atoms with E-state index in [1.165, 1.54) is 0 Å². The molecule has 0 N–H and O–H groups in total. The third kappa shape index (κ3) is 3.08. The molecule has 1 saturated carbocycles. The fraction of sp³-hybridized carbons (Fsp3) is 0.625. The van der Waals surface area contributed by atoms with Crippen LogP contribution in [0.25, 0.3) is 6.08 Å². The summed E-state index contributed by atoms with van der Waals surface area (Å²) in [5, 5.41) is 4.10. The molecule has 0 aromatic carbocycles. The number of ether oxygens (including phenoxy) is 2. The molecule has 22 heavy (non-hydrogen) atoms. The van der Waals surface area contributed by atoms with Crippen LogP contribution in [0.3, 0.4) is 0 Å². The second-order valence-corrected chi connectivity index (χ2v) is 5.89. The number of hydrogen-bond acceptors (Lipinski definition) is 4. The third-order valence-electron chi connectivity index (χ3n) is 4.64. The summed E-state index contributed by atoms with van der Waals surface area (Å²) < 4.78 is 13.1. The summed E-state index contributed by atoms with van der Waals surface area (Å²) in [6.45, 7) is 1.26. The first-order valence-corrected chi connectivity index (χ1v) is 7.80. The molecule has 3 rings (SSSR count). The van der Waals surface area contributed by atoms with E-state index in [0.717, 1.165) is 25.0 Å².